The molecule has 0 saturated heterocycles. The van der Waals surface area contributed by atoms with Crippen molar-refractivity contribution in [3.63, 3.8) is 0 Å². The second kappa shape index (κ2) is 6.21. The van der Waals surface area contributed by atoms with E-state index in [9.17, 15) is 5.11 Å². The van der Waals surface area contributed by atoms with Crippen molar-refractivity contribution in [1.82, 2.24) is 0 Å². The van der Waals surface area contributed by atoms with Crippen molar-refractivity contribution >= 4 is 0 Å². The molecule has 0 aromatic heterocycles. The molecule has 3 heteroatoms. The zero-order valence-electron chi connectivity index (χ0n) is 12.0. The predicted octanol–water partition coefficient (Wildman–Crippen LogP) is 2.72. The molecule has 0 aliphatic carbocycles. The van der Waals surface area contributed by atoms with Crippen LogP contribution in [0.2, 0.25) is 0 Å². The molecule has 1 rings (SSSR count). The summed E-state index contributed by atoms with van der Waals surface area (Å²) in [7, 11) is 0. The molecule has 0 spiro atoms. The Bertz CT molecular complexity index is 402. The molecule has 1 aromatic carbocycles. The minimum absolute atomic E-state index is 0.242. The van der Waals surface area contributed by atoms with E-state index >= 15 is 0 Å². The van der Waals surface area contributed by atoms with Crippen LogP contribution in [0.25, 0.3) is 0 Å². The molecule has 0 amide bonds. The second-order valence-electron chi connectivity index (χ2n) is 5.17. The topological polar surface area (TPSA) is 55.5 Å². The third kappa shape index (κ3) is 3.24. The number of nitrogens with two attached hydrogens (primary N) is 1. The molecular formula is C15H25NO2. The van der Waals surface area contributed by atoms with Crippen molar-refractivity contribution < 1.29 is 9.84 Å². The van der Waals surface area contributed by atoms with E-state index in [1.807, 2.05) is 46.8 Å². The number of benzene rings is 1. The van der Waals surface area contributed by atoms with Crippen molar-refractivity contribution in [3.8, 4) is 5.75 Å². The van der Waals surface area contributed by atoms with Gasteiger partial charge in [-0.15, -0.1) is 0 Å². The summed E-state index contributed by atoms with van der Waals surface area (Å²) >= 11 is 0. The van der Waals surface area contributed by atoms with Gasteiger partial charge in [-0.1, -0.05) is 13.8 Å². The number of hydrogen-bond donors (Lipinski definition) is 2. The summed E-state index contributed by atoms with van der Waals surface area (Å²) in [4.78, 5) is 0. The van der Waals surface area contributed by atoms with Crippen molar-refractivity contribution in [2.75, 3.05) is 6.61 Å². The lowest BCUT2D eigenvalue weighted by molar-refractivity contribution is 0.125. The first-order valence-electron chi connectivity index (χ1n) is 6.56. The summed E-state index contributed by atoms with van der Waals surface area (Å²) in [5, 5.41) is 10.3. The van der Waals surface area contributed by atoms with Gasteiger partial charge in [0.25, 0.3) is 0 Å². The summed E-state index contributed by atoms with van der Waals surface area (Å²) in [6.45, 7) is 10.6. The third-order valence-electron chi connectivity index (χ3n) is 3.32. The van der Waals surface area contributed by atoms with Crippen molar-refractivity contribution in [2.24, 2.45) is 11.7 Å². The van der Waals surface area contributed by atoms with Crippen molar-refractivity contribution in [2.45, 2.75) is 46.8 Å². The summed E-state index contributed by atoms with van der Waals surface area (Å²) in [6, 6.07) is 3.71. The van der Waals surface area contributed by atoms with Crippen LogP contribution in [-0.2, 0) is 0 Å². The fourth-order valence-electron chi connectivity index (χ4n) is 2.01. The largest absolute Gasteiger partial charge is 0.494 e. The molecule has 0 radical (unpaired) electrons. The van der Waals surface area contributed by atoms with Crippen molar-refractivity contribution in [1.29, 1.82) is 0 Å². The smallest absolute Gasteiger partial charge is 0.122 e. The molecule has 0 fully saturated rings. The predicted molar refractivity (Wildman–Crippen MR) is 74.9 cm³/mol. The van der Waals surface area contributed by atoms with E-state index in [1.165, 1.54) is 0 Å². The molecule has 2 unspecified atom stereocenters. The van der Waals surface area contributed by atoms with Crippen LogP contribution < -0.4 is 10.5 Å². The molecule has 18 heavy (non-hydrogen) atoms. The van der Waals surface area contributed by atoms with Crippen LogP contribution in [0.15, 0.2) is 12.1 Å². The average Bonchev–Trinajstić information content (AvgIpc) is 2.31. The first kappa shape index (κ1) is 15.0. The van der Waals surface area contributed by atoms with Crippen LogP contribution in [-0.4, -0.2) is 17.8 Å². The van der Waals surface area contributed by atoms with Gasteiger partial charge >= 0.3 is 0 Å². The van der Waals surface area contributed by atoms with Gasteiger partial charge in [0.15, 0.2) is 0 Å². The maximum absolute atomic E-state index is 10.3. The zero-order valence-corrected chi connectivity index (χ0v) is 12.0. The normalized spacial score (nSPS) is 14.7. The van der Waals surface area contributed by atoms with Gasteiger partial charge in [-0.3, -0.25) is 0 Å². The average molecular weight is 251 g/mol. The molecular weight excluding hydrogens is 226 g/mol. The van der Waals surface area contributed by atoms with E-state index in [-0.39, 0.29) is 12.0 Å². The zero-order chi connectivity index (χ0) is 13.9. The molecule has 0 saturated carbocycles. The Kier molecular flexibility index (Phi) is 5.17. The van der Waals surface area contributed by atoms with Gasteiger partial charge in [0.05, 0.1) is 12.7 Å². The summed E-state index contributed by atoms with van der Waals surface area (Å²) in [5.41, 5.74) is 8.98. The molecule has 1 aromatic rings. The van der Waals surface area contributed by atoms with Crippen LogP contribution in [0.4, 0.5) is 0 Å². The van der Waals surface area contributed by atoms with E-state index in [4.69, 9.17) is 10.5 Å². The molecule has 102 valence electrons. The first-order valence-corrected chi connectivity index (χ1v) is 6.56. The van der Waals surface area contributed by atoms with Crippen LogP contribution in [0.3, 0.4) is 0 Å². The monoisotopic (exact) mass is 251 g/mol. The van der Waals surface area contributed by atoms with Crippen LogP contribution in [0.5, 0.6) is 5.75 Å². The number of hydrogen-bond acceptors (Lipinski definition) is 3. The van der Waals surface area contributed by atoms with Crippen LogP contribution in [0.1, 0.15) is 43.6 Å². The molecule has 3 N–H and O–H groups in total. The van der Waals surface area contributed by atoms with Crippen LogP contribution in [0, 0.1) is 19.8 Å². The van der Waals surface area contributed by atoms with E-state index in [1.54, 1.807) is 0 Å². The Labute approximate surface area is 110 Å². The van der Waals surface area contributed by atoms with E-state index < -0.39 is 6.10 Å². The van der Waals surface area contributed by atoms with Gasteiger partial charge in [0.2, 0.25) is 0 Å². The quantitative estimate of drug-likeness (QED) is 0.846. The molecule has 3 nitrogen and oxygen atoms in total. The maximum Gasteiger partial charge on any atom is 0.122 e. The first-order chi connectivity index (χ1) is 8.38. The van der Waals surface area contributed by atoms with Gasteiger partial charge in [0.1, 0.15) is 5.75 Å². The van der Waals surface area contributed by atoms with Gasteiger partial charge in [0, 0.05) is 6.04 Å². The second-order valence-corrected chi connectivity index (χ2v) is 5.17. The highest BCUT2D eigenvalue weighted by atomic mass is 16.5. The highest BCUT2D eigenvalue weighted by Gasteiger charge is 2.22. The van der Waals surface area contributed by atoms with Gasteiger partial charge in [-0.05, 0) is 55.5 Å². The minimum atomic E-state index is -0.626. The Hall–Kier alpha value is -1.06. The summed E-state index contributed by atoms with van der Waals surface area (Å²) in [5.74, 6) is 1.12. The highest BCUT2D eigenvalue weighted by Crippen LogP contribution is 2.29. The molecule has 0 aliphatic rings. The maximum atomic E-state index is 10.3. The lowest BCUT2D eigenvalue weighted by atomic mass is 9.90. The molecule has 0 aliphatic heterocycles. The lowest BCUT2D eigenvalue weighted by Gasteiger charge is -2.24. The van der Waals surface area contributed by atoms with E-state index in [0.29, 0.717) is 6.61 Å². The number of aliphatic hydroxyl groups is 1. The van der Waals surface area contributed by atoms with Gasteiger partial charge in [-0.2, -0.15) is 0 Å². The number of aryl methyl sites for hydroxylation is 2. The summed E-state index contributed by atoms with van der Waals surface area (Å²) in [6.07, 6.45) is -0.626. The standard InChI is InChI=1S/C15H25NO2/c1-6-18-13-8-10(4)12(7-11(13)5)15(17)14(16)9(2)3/h7-9,14-15,17H,6,16H2,1-5H3. The molecule has 0 bridgehead atoms. The van der Waals surface area contributed by atoms with Gasteiger partial charge < -0.3 is 15.6 Å². The Morgan fingerprint density at radius 2 is 1.83 bits per heavy atom. The SMILES string of the molecule is CCOc1cc(C)c(C(O)C(N)C(C)C)cc1C. The fourth-order valence-corrected chi connectivity index (χ4v) is 2.01. The Morgan fingerprint density at radius 3 is 2.33 bits per heavy atom. The molecule has 0 heterocycles. The highest BCUT2D eigenvalue weighted by molar-refractivity contribution is 5.42. The summed E-state index contributed by atoms with van der Waals surface area (Å²) < 4.78 is 5.55. The van der Waals surface area contributed by atoms with E-state index in [2.05, 4.69) is 0 Å². The van der Waals surface area contributed by atoms with Crippen molar-refractivity contribution in [3.05, 3.63) is 28.8 Å². The molecule has 2 atom stereocenters. The Morgan fingerprint density at radius 1 is 1.22 bits per heavy atom. The van der Waals surface area contributed by atoms with Gasteiger partial charge in [-0.25, -0.2) is 0 Å². The number of aliphatic hydroxyl groups excluding tert-OH is 1. The fraction of sp³-hybridized carbons (Fsp3) is 0.600. The number of ether oxygens (including phenoxy) is 1. The number of rotatable bonds is 5. The Balaban J connectivity index is 3.07. The van der Waals surface area contributed by atoms with Crippen LogP contribution >= 0.6 is 0 Å². The van der Waals surface area contributed by atoms with E-state index in [0.717, 1.165) is 22.4 Å². The minimum Gasteiger partial charge on any atom is -0.494 e. The third-order valence-corrected chi connectivity index (χ3v) is 3.32. The lowest BCUT2D eigenvalue weighted by Crippen LogP contribution is -2.33.